The normalized spacial score (nSPS) is 20.2. The zero-order valence-electron chi connectivity index (χ0n) is 15.8. The second kappa shape index (κ2) is 9.20. The highest BCUT2D eigenvalue weighted by atomic mass is 16.2. The van der Waals surface area contributed by atoms with E-state index in [1.54, 1.807) is 18.2 Å². The lowest BCUT2D eigenvalue weighted by Gasteiger charge is -2.38. The van der Waals surface area contributed by atoms with Crippen LogP contribution in [0.5, 0.6) is 0 Å². The Bertz CT molecular complexity index is 592. The van der Waals surface area contributed by atoms with E-state index in [0.717, 1.165) is 25.7 Å². The van der Waals surface area contributed by atoms with Gasteiger partial charge < -0.3 is 10.6 Å². The summed E-state index contributed by atoms with van der Waals surface area (Å²) in [5.74, 6) is -0.387. The number of carbonyl (C=O) groups excluding carboxylic acids is 2. The molecule has 2 aliphatic carbocycles. The molecule has 4 heteroatoms. The molecule has 4 nitrogen and oxygen atoms in total. The molecule has 0 aromatic heterocycles. The Morgan fingerprint density at radius 3 is 1.69 bits per heavy atom. The molecule has 2 amide bonds. The van der Waals surface area contributed by atoms with Crippen molar-refractivity contribution in [3.63, 3.8) is 0 Å². The lowest BCUT2D eigenvalue weighted by Crippen LogP contribution is -2.47. The van der Waals surface area contributed by atoms with Crippen molar-refractivity contribution in [3.8, 4) is 0 Å². The molecule has 0 unspecified atom stereocenters. The van der Waals surface area contributed by atoms with Crippen LogP contribution in [0.3, 0.4) is 0 Å². The highest BCUT2D eigenvalue weighted by Crippen LogP contribution is 2.30. The minimum Gasteiger partial charge on any atom is -0.366 e. The molecule has 1 aromatic carbocycles. The molecule has 2 aliphatic rings. The molecule has 0 radical (unpaired) electrons. The maximum atomic E-state index is 13.5. The van der Waals surface area contributed by atoms with E-state index in [9.17, 15) is 9.59 Å². The average Bonchev–Trinajstić information content (AvgIpc) is 3.08. The number of hydrogen-bond donors (Lipinski definition) is 1. The highest BCUT2D eigenvalue weighted by Gasteiger charge is 2.32. The Balaban J connectivity index is 1.89. The molecule has 26 heavy (non-hydrogen) atoms. The van der Waals surface area contributed by atoms with Gasteiger partial charge in [-0.3, -0.25) is 9.59 Å². The number of carbonyl (C=O) groups is 2. The lowest BCUT2D eigenvalue weighted by molar-refractivity contribution is 0.0521. The van der Waals surface area contributed by atoms with Gasteiger partial charge in [-0.25, -0.2) is 0 Å². The number of amides is 2. The fraction of sp³-hybridized carbons (Fsp3) is 0.636. The van der Waals surface area contributed by atoms with Crippen LogP contribution in [0.25, 0.3) is 0 Å². The van der Waals surface area contributed by atoms with Crippen LogP contribution < -0.4 is 5.73 Å². The minimum atomic E-state index is -0.477. The summed E-state index contributed by atoms with van der Waals surface area (Å²) >= 11 is 0. The summed E-state index contributed by atoms with van der Waals surface area (Å²) in [5.41, 5.74) is 6.44. The first-order chi connectivity index (χ1) is 12.7. The van der Waals surface area contributed by atoms with Crippen molar-refractivity contribution in [2.24, 2.45) is 5.73 Å². The number of nitrogens with two attached hydrogens (primary N) is 1. The molecule has 2 saturated carbocycles. The summed E-state index contributed by atoms with van der Waals surface area (Å²) in [5, 5.41) is 0. The third-order valence-corrected chi connectivity index (χ3v) is 6.06. The van der Waals surface area contributed by atoms with Crippen molar-refractivity contribution in [2.75, 3.05) is 0 Å². The largest absolute Gasteiger partial charge is 0.366 e. The zero-order chi connectivity index (χ0) is 18.4. The molecule has 2 N–H and O–H groups in total. The second-order valence-electron chi connectivity index (χ2n) is 7.95. The molecular weight excluding hydrogens is 324 g/mol. The van der Waals surface area contributed by atoms with Crippen LogP contribution in [-0.2, 0) is 0 Å². The van der Waals surface area contributed by atoms with Crippen molar-refractivity contribution in [2.45, 2.75) is 89.1 Å². The molecule has 3 rings (SSSR count). The van der Waals surface area contributed by atoms with Gasteiger partial charge in [0.25, 0.3) is 5.91 Å². The molecule has 0 heterocycles. The SMILES string of the molecule is NC(=O)c1cccc(C(=O)N(C2CCCCCC2)C2CCCCCC2)c1. The molecule has 0 aliphatic heterocycles. The van der Waals surface area contributed by atoms with Gasteiger partial charge in [-0.2, -0.15) is 0 Å². The van der Waals surface area contributed by atoms with Gasteiger partial charge in [-0.1, -0.05) is 57.4 Å². The second-order valence-corrected chi connectivity index (χ2v) is 7.95. The van der Waals surface area contributed by atoms with E-state index in [1.165, 1.54) is 51.4 Å². The molecule has 0 saturated heterocycles. The number of hydrogen-bond acceptors (Lipinski definition) is 2. The summed E-state index contributed by atoms with van der Waals surface area (Å²) in [7, 11) is 0. The number of primary amides is 1. The van der Waals surface area contributed by atoms with Crippen LogP contribution in [0.1, 0.15) is 97.8 Å². The molecule has 142 valence electrons. The van der Waals surface area contributed by atoms with E-state index in [1.807, 2.05) is 6.07 Å². The predicted molar refractivity (Wildman–Crippen MR) is 104 cm³/mol. The maximum Gasteiger partial charge on any atom is 0.254 e. The summed E-state index contributed by atoms with van der Waals surface area (Å²) in [6.45, 7) is 0. The first-order valence-corrected chi connectivity index (χ1v) is 10.4. The molecule has 1 aromatic rings. The van der Waals surface area contributed by atoms with E-state index >= 15 is 0 Å². The Kier molecular flexibility index (Phi) is 6.70. The summed E-state index contributed by atoms with van der Waals surface area (Å²) in [6.07, 6.45) is 14.4. The van der Waals surface area contributed by atoms with Gasteiger partial charge in [-0.05, 0) is 43.9 Å². The third-order valence-electron chi connectivity index (χ3n) is 6.06. The van der Waals surface area contributed by atoms with Crippen LogP contribution in [0.2, 0.25) is 0 Å². The summed E-state index contributed by atoms with van der Waals surface area (Å²) < 4.78 is 0. The molecular formula is C22H32N2O2. The molecule has 0 atom stereocenters. The van der Waals surface area contributed by atoms with Crippen LogP contribution >= 0.6 is 0 Å². The van der Waals surface area contributed by atoms with Crippen LogP contribution in [0.15, 0.2) is 24.3 Å². The summed E-state index contributed by atoms with van der Waals surface area (Å²) in [6, 6.07) is 7.63. The van der Waals surface area contributed by atoms with Crippen LogP contribution in [0.4, 0.5) is 0 Å². The molecule has 2 fully saturated rings. The first kappa shape index (κ1) is 18.9. The monoisotopic (exact) mass is 356 g/mol. The van der Waals surface area contributed by atoms with Gasteiger partial charge in [0, 0.05) is 23.2 Å². The van der Waals surface area contributed by atoms with E-state index in [0.29, 0.717) is 23.2 Å². The van der Waals surface area contributed by atoms with E-state index in [-0.39, 0.29) is 5.91 Å². The number of rotatable bonds is 4. The van der Waals surface area contributed by atoms with Crippen molar-refractivity contribution >= 4 is 11.8 Å². The first-order valence-electron chi connectivity index (χ1n) is 10.4. The van der Waals surface area contributed by atoms with Crippen molar-refractivity contribution in [1.29, 1.82) is 0 Å². The van der Waals surface area contributed by atoms with E-state index in [2.05, 4.69) is 4.90 Å². The third kappa shape index (κ3) is 4.66. The standard InChI is InChI=1S/C22H32N2O2/c23-21(25)17-10-9-11-18(16-17)22(26)24(19-12-5-1-2-6-13-19)20-14-7-3-4-8-15-20/h9-11,16,19-20H,1-8,12-15H2,(H2,23,25). The average molecular weight is 357 g/mol. The van der Waals surface area contributed by atoms with Crippen molar-refractivity contribution in [1.82, 2.24) is 4.90 Å². The van der Waals surface area contributed by atoms with Crippen molar-refractivity contribution in [3.05, 3.63) is 35.4 Å². The topological polar surface area (TPSA) is 63.4 Å². The Labute approximate surface area is 157 Å². The zero-order valence-corrected chi connectivity index (χ0v) is 15.8. The number of benzene rings is 1. The molecule has 0 bridgehead atoms. The molecule has 0 spiro atoms. The van der Waals surface area contributed by atoms with Crippen LogP contribution in [0, 0.1) is 0 Å². The van der Waals surface area contributed by atoms with E-state index < -0.39 is 5.91 Å². The van der Waals surface area contributed by atoms with Gasteiger partial charge in [0.05, 0.1) is 0 Å². The van der Waals surface area contributed by atoms with Gasteiger partial charge in [-0.15, -0.1) is 0 Å². The number of nitrogens with zero attached hydrogens (tertiary/aromatic N) is 1. The smallest absolute Gasteiger partial charge is 0.254 e. The maximum absolute atomic E-state index is 13.5. The fourth-order valence-corrected chi connectivity index (χ4v) is 4.66. The van der Waals surface area contributed by atoms with Gasteiger partial charge in [0.2, 0.25) is 5.91 Å². The van der Waals surface area contributed by atoms with Crippen LogP contribution in [-0.4, -0.2) is 28.8 Å². The highest BCUT2D eigenvalue weighted by molar-refractivity contribution is 5.99. The predicted octanol–water partition coefficient (Wildman–Crippen LogP) is 4.67. The van der Waals surface area contributed by atoms with Gasteiger partial charge in [0.15, 0.2) is 0 Å². The fourth-order valence-electron chi connectivity index (χ4n) is 4.66. The minimum absolute atomic E-state index is 0.0897. The Morgan fingerprint density at radius 2 is 1.23 bits per heavy atom. The Morgan fingerprint density at radius 1 is 0.769 bits per heavy atom. The lowest BCUT2D eigenvalue weighted by atomic mass is 9.98. The van der Waals surface area contributed by atoms with E-state index in [4.69, 9.17) is 5.73 Å². The van der Waals surface area contributed by atoms with Crippen molar-refractivity contribution < 1.29 is 9.59 Å². The van der Waals surface area contributed by atoms with Gasteiger partial charge in [0.1, 0.15) is 0 Å². The summed E-state index contributed by atoms with van der Waals surface area (Å²) in [4.78, 5) is 27.3. The quantitative estimate of drug-likeness (QED) is 0.797. The Hall–Kier alpha value is -1.84. The van der Waals surface area contributed by atoms with Gasteiger partial charge >= 0.3 is 0 Å².